The van der Waals surface area contributed by atoms with Gasteiger partial charge < -0.3 is 9.26 Å². The average molecular weight is 442 g/mol. The Morgan fingerprint density at radius 2 is 1.72 bits per heavy atom. The molecular formula is C26H39N3O3. The van der Waals surface area contributed by atoms with Crippen LogP contribution < -0.4 is 0 Å². The van der Waals surface area contributed by atoms with E-state index in [-0.39, 0.29) is 12.1 Å². The van der Waals surface area contributed by atoms with Crippen LogP contribution in [0, 0.1) is 0 Å². The molecule has 3 rings (SSSR count). The number of nitrogens with zero attached hydrogens (tertiary/aromatic N) is 3. The number of benzene rings is 1. The fourth-order valence-corrected chi connectivity index (χ4v) is 3.95. The predicted molar refractivity (Wildman–Crippen MR) is 126 cm³/mol. The van der Waals surface area contributed by atoms with Crippen LogP contribution in [0.15, 0.2) is 28.8 Å². The zero-order valence-corrected chi connectivity index (χ0v) is 20.2. The summed E-state index contributed by atoms with van der Waals surface area (Å²) in [6, 6.07) is 8.22. The molecule has 176 valence electrons. The van der Waals surface area contributed by atoms with Crippen LogP contribution >= 0.6 is 0 Å². The Labute approximate surface area is 192 Å². The first-order chi connectivity index (χ1) is 15.4. The highest BCUT2D eigenvalue weighted by atomic mass is 16.6. The molecule has 1 atom stereocenters. The molecule has 2 aromatic rings. The van der Waals surface area contributed by atoms with Gasteiger partial charge in [0.05, 0.1) is 0 Å². The summed E-state index contributed by atoms with van der Waals surface area (Å²) in [4.78, 5) is 18.5. The Morgan fingerprint density at radius 3 is 2.31 bits per heavy atom. The molecule has 0 spiro atoms. The molecule has 0 bridgehead atoms. The lowest BCUT2D eigenvalue weighted by molar-refractivity contribution is -0.0119. The molecule has 6 heteroatoms. The number of ether oxygens (including phenoxy) is 1. The Kier molecular flexibility index (Phi) is 8.71. The van der Waals surface area contributed by atoms with Crippen molar-refractivity contribution in [3.8, 4) is 11.4 Å². The van der Waals surface area contributed by atoms with E-state index in [1.54, 1.807) is 4.90 Å². The maximum absolute atomic E-state index is 12.3. The van der Waals surface area contributed by atoms with Crippen molar-refractivity contribution in [2.24, 2.45) is 0 Å². The molecule has 0 radical (unpaired) electrons. The van der Waals surface area contributed by atoms with E-state index >= 15 is 0 Å². The van der Waals surface area contributed by atoms with E-state index in [0.29, 0.717) is 18.3 Å². The first-order valence-electron chi connectivity index (χ1n) is 12.3. The summed E-state index contributed by atoms with van der Waals surface area (Å²) in [5.74, 6) is 1.04. The molecule has 1 aliphatic rings. The van der Waals surface area contributed by atoms with Gasteiger partial charge in [0.25, 0.3) is 0 Å². The van der Waals surface area contributed by atoms with Crippen molar-refractivity contribution in [1.29, 1.82) is 0 Å². The van der Waals surface area contributed by atoms with Crippen LogP contribution in [-0.2, 0) is 11.2 Å². The second-order valence-electron chi connectivity index (χ2n) is 9.86. The van der Waals surface area contributed by atoms with Crippen LogP contribution in [0.3, 0.4) is 0 Å². The standard InChI is InChI=1S/C26H39N3O3/c1-5-6-7-8-9-10-11-12-13-20-14-16-21(17-15-20)23-27-24(32-28-23)22-18-19-29(22)25(30)31-26(2,3)4/h14-17,22H,5-13,18-19H2,1-4H3/t22-/m0/s1. The summed E-state index contributed by atoms with van der Waals surface area (Å²) < 4.78 is 10.9. The highest BCUT2D eigenvalue weighted by molar-refractivity contribution is 5.69. The summed E-state index contributed by atoms with van der Waals surface area (Å²) in [7, 11) is 0. The van der Waals surface area contributed by atoms with Crippen molar-refractivity contribution in [2.45, 2.75) is 104 Å². The number of aromatic nitrogens is 2. The molecule has 6 nitrogen and oxygen atoms in total. The number of carbonyl (C=O) groups is 1. The third-order valence-corrected chi connectivity index (χ3v) is 5.91. The Morgan fingerprint density at radius 1 is 1.06 bits per heavy atom. The maximum Gasteiger partial charge on any atom is 0.410 e. The lowest BCUT2D eigenvalue weighted by Crippen LogP contribution is -2.47. The minimum atomic E-state index is -0.520. The number of likely N-dealkylation sites (tertiary alicyclic amines) is 1. The Balaban J connectivity index is 1.45. The van der Waals surface area contributed by atoms with Crippen molar-refractivity contribution < 1.29 is 14.1 Å². The molecule has 1 aliphatic heterocycles. The van der Waals surface area contributed by atoms with Crippen LogP contribution in [-0.4, -0.2) is 33.3 Å². The van der Waals surface area contributed by atoms with Crippen molar-refractivity contribution in [3.05, 3.63) is 35.7 Å². The van der Waals surface area contributed by atoms with Crippen LogP contribution in [0.5, 0.6) is 0 Å². The molecular weight excluding hydrogens is 402 g/mol. The number of hydrogen-bond acceptors (Lipinski definition) is 5. The van der Waals surface area contributed by atoms with Crippen LogP contribution in [0.1, 0.15) is 103 Å². The van der Waals surface area contributed by atoms with Gasteiger partial charge in [0.1, 0.15) is 11.6 Å². The van der Waals surface area contributed by atoms with Gasteiger partial charge in [0.15, 0.2) is 0 Å². The Bertz CT molecular complexity index is 839. The summed E-state index contributed by atoms with van der Waals surface area (Å²) in [6.07, 6.45) is 12.3. The number of unbranched alkanes of at least 4 members (excludes halogenated alkanes) is 7. The monoisotopic (exact) mass is 441 g/mol. The second kappa shape index (κ2) is 11.5. The number of carbonyl (C=O) groups excluding carboxylic acids is 1. The normalized spacial score (nSPS) is 16.1. The van der Waals surface area contributed by atoms with Crippen LogP contribution in [0.25, 0.3) is 11.4 Å². The summed E-state index contributed by atoms with van der Waals surface area (Å²) >= 11 is 0. The van der Waals surface area contributed by atoms with E-state index in [0.717, 1.165) is 18.4 Å². The number of amides is 1. The summed E-state index contributed by atoms with van der Waals surface area (Å²) in [6.45, 7) is 8.50. The van der Waals surface area contributed by atoms with Crippen molar-refractivity contribution >= 4 is 6.09 Å². The molecule has 1 aromatic carbocycles. The van der Waals surface area contributed by atoms with Crippen LogP contribution in [0.4, 0.5) is 4.79 Å². The largest absolute Gasteiger partial charge is 0.444 e. The molecule has 0 unspecified atom stereocenters. The average Bonchev–Trinajstić information content (AvgIpc) is 3.17. The van der Waals surface area contributed by atoms with Gasteiger partial charge in [-0.1, -0.05) is 81.3 Å². The molecule has 32 heavy (non-hydrogen) atoms. The van der Waals surface area contributed by atoms with Crippen LogP contribution in [0.2, 0.25) is 0 Å². The molecule has 1 amide bonds. The first-order valence-corrected chi connectivity index (χ1v) is 12.3. The Hall–Kier alpha value is -2.37. The van der Waals surface area contributed by atoms with Gasteiger partial charge >= 0.3 is 6.09 Å². The lowest BCUT2D eigenvalue weighted by atomic mass is 10.0. The zero-order valence-electron chi connectivity index (χ0n) is 20.2. The molecule has 1 aromatic heterocycles. The number of hydrogen-bond donors (Lipinski definition) is 0. The number of aryl methyl sites for hydroxylation is 1. The third-order valence-electron chi connectivity index (χ3n) is 5.91. The number of rotatable bonds is 11. The van der Waals surface area contributed by atoms with Gasteiger partial charge in [0.2, 0.25) is 11.7 Å². The molecule has 1 saturated heterocycles. The molecule has 0 saturated carbocycles. The second-order valence-corrected chi connectivity index (χ2v) is 9.86. The van der Waals surface area contributed by atoms with E-state index < -0.39 is 5.60 Å². The van der Waals surface area contributed by atoms with E-state index in [4.69, 9.17) is 9.26 Å². The van der Waals surface area contributed by atoms with Crippen molar-refractivity contribution in [1.82, 2.24) is 15.0 Å². The topological polar surface area (TPSA) is 68.5 Å². The maximum atomic E-state index is 12.3. The van der Waals surface area contributed by atoms with Gasteiger partial charge in [-0.15, -0.1) is 0 Å². The highest BCUT2D eigenvalue weighted by Crippen LogP contribution is 2.34. The fourth-order valence-electron chi connectivity index (χ4n) is 3.95. The van der Waals surface area contributed by atoms with Gasteiger partial charge in [-0.3, -0.25) is 4.90 Å². The van der Waals surface area contributed by atoms with E-state index in [9.17, 15) is 4.79 Å². The van der Waals surface area contributed by atoms with E-state index in [1.807, 2.05) is 20.8 Å². The van der Waals surface area contributed by atoms with Gasteiger partial charge in [0, 0.05) is 12.1 Å². The van der Waals surface area contributed by atoms with Crippen molar-refractivity contribution in [3.63, 3.8) is 0 Å². The fraction of sp³-hybridized carbons (Fsp3) is 0.654. The summed E-state index contributed by atoms with van der Waals surface area (Å²) in [5, 5.41) is 4.14. The molecule has 0 N–H and O–H groups in total. The minimum absolute atomic E-state index is 0.202. The smallest absolute Gasteiger partial charge is 0.410 e. The quantitative estimate of drug-likeness (QED) is 0.348. The van der Waals surface area contributed by atoms with Gasteiger partial charge in [-0.2, -0.15) is 4.98 Å². The zero-order chi connectivity index (χ0) is 23.0. The van der Waals surface area contributed by atoms with Crippen molar-refractivity contribution in [2.75, 3.05) is 6.54 Å². The molecule has 1 fully saturated rings. The van der Waals surface area contributed by atoms with Gasteiger partial charge in [-0.05, 0) is 45.6 Å². The minimum Gasteiger partial charge on any atom is -0.444 e. The summed E-state index contributed by atoms with van der Waals surface area (Å²) in [5.41, 5.74) is 1.76. The SMILES string of the molecule is CCCCCCCCCCc1ccc(-c2noc([C@@H]3CCN3C(=O)OC(C)(C)C)n2)cc1. The molecule has 2 heterocycles. The molecule has 0 aliphatic carbocycles. The predicted octanol–water partition coefficient (Wildman–Crippen LogP) is 7.10. The lowest BCUT2D eigenvalue weighted by Gasteiger charge is -2.39. The van der Waals surface area contributed by atoms with Gasteiger partial charge in [-0.25, -0.2) is 4.79 Å². The van der Waals surface area contributed by atoms with E-state index in [2.05, 4.69) is 41.3 Å². The first kappa shape index (κ1) is 24.3. The highest BCUT2D eigenvalue weighted by Gasteiger charge is 2.39. The third kappa shape index (κ3) is 7.07. The van der Waals surface area contributed by atoms with E-state index in [1.165, 1.54) is 56.9 Å².